The van der Waals surface area contributed by atoms with Crippen LogP contribution in [0, 0.1) is 12.8 Å². The lowest BCUT2D eigenvalue weighted by molar-refractivity contribution is 0.0589. The monoisotopic (exact) mass is 275 g/mol. The second kappa shape index (κ2) is 7.75. The predicted octanol–water partition coefficient (Wildman–Crippen LogP) is 2.99. The van der Waals surface area contributed by atoms with Gasteiger partial charge in [-0.25, -0.2) is 0 Å². The Hall–Kier alpha value is -0.930. The molecule has 1 aromatic heterocycles. The molecular formula is C17H29N3. The summed E-state index contributed by atoms with van der Waals surface area (Å²) in [6, 6.07) is 7.08. The minimum absolute atomic E-state index is 0.742. The molecule has 0 radical (unpaired) electrons. The third-order valence-electron chi connectivity index (χ3n) is 4.40. The van der Waals surface area contributed by atoms with Crippen molar-refractivity contribution in [3.8, 4) is 0 Å². The Morgan fingerprint density at radius 2 is 2.15 bits per heavy atom. The molecule has 1 aliphatic rings. The molecule has 0 bridgehead atoms. The summed E-state index contributed by atoms with van der Waals surface area (Å²) < 4.78 is 0. The number of aromatic nitrogens is 1. The van der Waals surface area contributed by atoms with Gasteiger partial charge in [0.15, 0.2) is 0 Å². The van der Waals surface area contributed by atoms with Gasteiger partial charge in [-0.15, -0.1) is 0 Å². The molecule has 0 spiro atoms. The van der Waals surface area contributed by atoms with Crippen molar-refractivity contribution in [3.05, 3.63) is 29.6 Å². The van der Waals surface area contributed by atoms with Gasteiger partial charge in [-0.05, 0) is 63.9 Å². The van der Waals surface area contributed by atoms with Crippen molar-refractivity contribution >= 4 is 0 Å². The van der Waals surface area contributed by atoms with Crippen LogP contribution < -0.4 is 5.32 Å². The minimum Gasteiger partial charge on any atom is -0.316 e. The van der Waals surface area contributed by atoms with Crippen LogP contribution in [0.15, 0.2) is 18.2 Å². The summed E-state index contributed by atoms with van der Waals surface area (Å²) in [5.41, 5.74) is 2.33. The zero-order valence-electron chi connectivity index (χ0n) is 13.2. The van der Waals surface area contributed by atoms with Crippen LogP contribution >= 0.6 is 0 Å². The van der Waals surface area contributed by atoms with E-state index in [4.69, 9.17) is 0 Å². The van der Waals surface area contributed by atoms with Gasteiger partial charge in [0.2, 0.25) is 0 Å². The number of pyridine rings is 1. The zero-order chi connectivity index (χ0) is 14.4. The van der Waals surface area contributed by atoms with Crippen molar-refractivity contribution in [2.24, 2.45) is 5.92 Å². The number of hydrogen-bond acceptors (Lipinski definition) is 3. The van der Waals surface area contributed by atoms with Crippen molar-refractivity contribution in [2.45, 2.75) is 52.6 Å². The van der Waals surface area contributed by atoms with Crippen LogP contribution in [0.25, 0.3) is 0 Å². The molecule has 20 heavy (non-hydrogen) atoms. The number of nitrogens with one attached hydrogen (secondary N) is 1. The van der Waals surface area contributed by atoms with Crippen LogP contribution in [-0.4, -0.2) is 35.6 Å². The fourth-order valence-corrected chi connectivity index (χ4v) is 3.09. The molecule has 0 aliphatic heterocycles. The van der Waals surface area contributed by atoms with Crippen molar-refractivity contribution in [2.75, 3.05) is 19.6 Å². The van der Waals surface area contributed by atoms with E-state index in [1.165, 1.54) is 31.5 Å². The van der Waals surface area contributed by atoms with E-state index in [1.54, 1.807) is 0 Å². The van der Waals surface area contributed by atoms with Gasteiger partial charge in [0.25, 0.3) is 0 Å². The van der Waals surface area contributed by atoms with Gasteiger partial charge in [0.05, 0.1) is 5.69 Å². The van der Waals surface area contributed by atoms with Gasteiger partial charge in [-0.1, -0.05) is 19.9 Å². The van der Waals surface area contributed by atoms with Crippen LogP contribution in [0.2, 0.25) is 0 Å². The third-order valence-corrected chi connectivity index (χ3v) is 4.40. The maximum atomic E-state index is 4.64. The fourth-order valence-electron chi connectivity index (χ4n) is 3.09. The molecule has 3 heteroatoms. The summed E-state index contributed by atoms with van der Waals surface area (Å²) in [5.74, 6) is 0.825. The largest absolute Gasteiger partial charge is 0.316 e. The molecule has 3 nitrogen and oxygen atoms in total. The number of hydrogen-bond donors (Lipinski definition) is 1. The van der Waals surface area contributed by atoms with Crippen molar-refractivity contribution in [3.63, 3.8) is 0 Å². The number of nitrogens with zero attached hydrogens (tertiary/aromatic N) is 2. The number of rotatable bonds is 8. The average molecular weight is 275 g/mol. The molecule has 1 heterocycles. The van der Waals surface area contributed by atoms with Gasteiger partial charge in [-0.2, -0.15) is 0 Å². The van der Waals surface area contributed by atoms with Crippen LogP contribution in [0.4, 0.5) is 0 Å². The Kier molecular flexibility index (Phi) is 5.99. The second-order valence-corrected chi connectivity index (χ2v) is 5.94. The Bertz CT molecular complexity index is 405. The molecule has 1 fully saturated rings. The quantitative estimate of drug-likeness (QED) is 0.739. The average Bonchev–Trinajstić information content (AvgIpc) is 2.41. The highest BCUT2D eigenvalue weighted by Gasteiger charge is 2.34. The van der Waals surface area contributed by atoms with E-state index in [0.717, 1.165) is 37.3 Å². The first kappa shape index (κ1) is 15.5. The van der Waals surface area contributed by atoms with Gasteiger partial charge in [0, 0.05) is 18.3 Å². The minimum atomic E-state index is 0.742. The van der Waals surface area contributed by atoms with E-state index in [0.29, 0.717) is 0 Å². The topological polar surface area (TPSA) is 28.2 Å². The summed E-state index contributed by atoms with van der Waals surface area (Å²) in [6.45, 7) is 11.0. The molecule has 0 amide bonds. The van der Waals surface area contributed by atoms with Gasteiger partial charge >= 0.3 is 0 Å². The maximum absolute atomic E-state index is 4.64. The van der Waals surface area contributed by atoms with Crippen molar-refractivity contribution < 1.29 is 0 Å². The Morgan fingerprint density at radius 1 is 1.30 bits per heavy atom. The number of aryl methyl sites for hydroxylation is 1. The van der Waals surface area contributed by atoms with Crippen LogP contribution in [0.1, 0.15) is 44.5 Å². The Morgan fingerprint density at radius 3 is 2.75 bits per heavy atom. The standard InChI is InChI=1S/C17H29N3/c1-4-11-18-12-15-9-10-17(15)20(5-2)13-16-8-6-7-14(3)19-16/h6-8,15,17-18H,4-5,9-13H2,1-3H3. The first-order chi connectivity index (χ1) is 9.74. The first-order valence-electron chi connectivity index (χ1n) is 8.11. The summed E-state index contributed by atoms with van der Waals surface area (Å²) >= 11 is 0. The second-order valence-electron chi connectivity index (χ2n) is 5.94. The molecule has 0 aromatic carbocycles. The molecule has 1 aliphatic carbocycles. The van der Waals surface area contributed by atoms with E-state index in [1.807, 2.05) is 0 Å². The smallest absolute Gasteiger partial charge is 0.0547 e. The SMILES string of the molecule is CCCNCC1CCC1N(CC)Cc1cccc(C)n1. The van der Waals surface area contributed by atoms with Crippen molar-refractivity contribution in [1.82, 2.24) is 15.2 Å². The highest BCUT2D eigenvalue weighted by molar-refractivity contribution is 5.10. The highest BCUT2D eigenvalue weighted by Crippen LogP contribution is 2.32. The van der Waals surface area contributed by atoms with E-state index < -0.39 is 0 Å². The molecule has 0 saturated heterocycles. The molecule has 2 unspecified atom stereocenters. The summed E-state index contributed by atoms with van der Waals surface area (Å²) in [5, 5.41) is 3.58. The highest BCUT2D eigenvalue weighted by atomic mass is 15.2. The van der Waals surface area contributed by atoms with Crippen molar-refractivity contribution in [1.29, 1.82) is 0 Å². The van der Waals surface area contributed by atoms with E-state index in [9.17, 15) is 0 Å². The summed E-state index contributed by atoms with van der Waals surface area (Å²) in [6.07, 6.45) is 3.94. The molecule has 112 valence electrons. The molecular weight excluding hydrogens is 246 g/mol. The van der Waals surface area contributed by atoms with E-state index >= 15 is 0 Å². The predicted molar refractivity (Wildman–Crippen MR) is 84.7 cm³/mol. The molecule has 1 aromatic rings. The molecule has 1 saturated carbocycles. The van der Waals surface area contributed by atoms with E-state index in [2.05, 4.69) is 54.2 Å². The fraction of sp³-hybridized carbons (Fsp3) is 0.706. The van der Waals surface area contributed by atoms with E-state index in [-0.39, 0.29) is 0 Å². The molecule has 2 atom stereocenters. The van der Waals surface area contributed by atoms with Crippen LogP contribution in [0.5, 0.6) is 0 Å². The maximum Gasteiger partial charge on any atom is 0.0547 e. The molecule has 2 rings (SSSR count). The lowest BCUT2D eigenvalue weighted by Gasteiger charge is -2.44. The van der Waals surface area contributed by atoms with Gasteiger partial charge in [0.1, 0.15) is 0 Å². The van der Waals surface area contributed by atoms with Gasteiger partial charge in [-0.3, -0.25) is 9.88 Å². The van der Waals surface area contributed by atoms with Crippen LogP contribution in [-0.2, 0) is 6.54 Å². The Labute approximate surface area is 123 Å². The lowest BCUT2D eigenvalue weighted by Crippen LogP contribution is -2.50. The summed E-state index contributed by atoms with van der Waals surface area (Å²) in [7, 11) is 0. The third kappa shape index (κ3) is 4.03. The Balaban J connectivity index is 1.88. The van der Waals surface area contributed by atoms with Crippen LogP contribution in [0.3, 0.4) is 0 Å². The zero-order valence-corrected chi connectivity index (χ0v) is 13.2. The normalized spacial score (nSPS) is 22.0. The molecule has 1 N–H and O–H groups in total. The summed E-state index contributed by atoms with van der Waals surface area (Å²) in [4.78, 5) is 7.25. The first-order valence-corrected chi connectivity index (χ1v) is 8.11. The van der Waals surface area contributed by atoms with Gasteiger partial charge < -0.3 is 5.32 Å². The lowest BCUT2D eigenvalue weighted by atomic mass is 9.78.